The van der Waals surface area contributed by atoms with E-state index in [0.29, 0.717) is 30.9 Å². The van der Waals surface area contributed by atoms with Crippen molar-refractivity contribution in [2.24, 2.45) is 0 Å². The van der Waals surface area contributed by atoms with E-state index in [2.05, 4.69) is 25.2 Å². The van der Waals surface area contributed by atoms with Gasteiger partial charge in [0.15, 0.2) is 0 Å². The van der Waals surface area contributed by atoms with Crippen LogP contribution < -0.4 is 15.8 Å². The first-order chi connectivity index (χ1) is 15.5. The number of aryl methyl sites for hydroxylation is 1. The van der Waals surface area contributed by atoms with Crippen molar-refractivity contribution in [1.82, 2.24) is 25.2 Å². The summed E-state index contributed by atoms with van der Waals surface area (Å²) in [5, 5.41) is 2.83. The number of carbonyl (C=O) groups is 1. The van der Waals surface area contributed by atoms with E-state index in [9.17, 15) is 14.0 Å². The van der Waals surface area contributed by atoms with Crippen LogP contribution in [-0.2, 0) is 6.54 Å². The number of amides is 1. The normalized spacial score (nSPS) is 17.0. The van der Waals surface area contributed by atoms with Crippen molar-refractivity contribution in [1.29, 1.82) is 0 Å². The summed E-state index contributed by atoms with van der Waals surface area (Å²) in [5.74, 6) is -0.928. The lowest BCUT2D eigenvalue weighted by molar-refractivity contribution is 0.0945. The Labute approximate surface area is 184 Å². The van der Waals surface area contributed by atoms with Crippen LogP contribution >= 0.6 is 0 Å². The summed E-state index contributed by atoms with van der Waals surface area (Å²) in [6.45, 7) is 5.29. The summed E-state index contributed by atoms with van der Waals surface area (Å²) in [4.78, 5) is 39.4. The number of piperazine rings is 1. The lowest BCUT2D eigenvalue weighted by Gasteiger charge is -2.36. The molecule has 166 valence electrons. The average molecular weight is 436 g/mol. The molecule has 8 nitrogen and oxygen atoms in total. The Morgan fingerprint density at radius 3 is 2.72 bits per heavy atom. The van der Waals surface area contributed by atoms with Crippen molar-refractivity contribution < 1.29 is 9.18 Å². The fourth-order valence-corrected chi connectivity index (χ4v) is 3.99. The van der Waals surface area contributed by atoms with Gasteiger partial charge in [0.05, 0.1) is 16.7 Å². The minimum atomic E-state index is -0.611. The number of nitrogens with one attached hydrogen (secondary N) is 2. The van der Waals surface area contributed by atoms with Crippen LogP contribution in [0.25, 0.3) is 11.0 Å². The summed E-state index contributed by atoms with van der Waals surface area (Å²) in [6.07, 6.45) is 3.79. The topological polar surface area (TPSA) is 94.2 Å². The van der Waals surface area contributed by atoms with Crippen molar-refractivity contribution in [3.05, 3.63) is 63.6 Å². The molecule has 0 radical (unpaired) electrons. The maximum Gasteiger partial charge on any atom is 0.270 e. The SMILES string of the molecule is Cc1cc2ncc(CN3CCN(c4ccc(C(=O)NC5CC5)nc4F)CC3)cc2[nH]c1=O. The molecule has 9 heteroatoms. The molecule has 0 atom stereocenters. The molecule has 5 rings (SSSR count). The Morgan fingerprint density at radius 1 is 1.22 bits per heavy atom. The maximum atomic E-state index is 14.6. The van der Waals surface area contributed by atoms with Crippen LogP contribution in [-0.4, -0.2) is 58.0 Å². The maximum absolute atomic E-state index is 14.6. The molecule has 0 aromatic carbocycles. The molecule has 0 spiro atoms. The van der Waals surface area contributed by atoms with E-state index in [1.54, 1.807) is 25.1 Å². The number of rotatable bonds is 5. The Hall–Kier alpha value is -3.33. The van der Waals surface area contributed by atoms with Gasteiger partial charge in [-0.2, -0.15) is 4.39 Å². The molecule has 0 bridgehead atoms. The van der Waals surface area contributed by atoms with Crippen LogP contribution in [0.3, 0.4) is 0 Å². The lowest BCUT2D eigenvalue weighted by Crippen LogP contribution is -2.46. The summed E-state index contributed by atoms with van der Waals surface area (Å²) < 4.78 is 14.6. The van der Waals surface area contributed by atoms with Gasteiger partial charge in [0.2, 0.25) is 5.95 Å². The quantitative estimate of drug-likeness (QED) is 0.594. The molecule has 2 fully saturated rings. The summed E-state index contributed by atoms with van der Waals surface area (Å²) in [5.41, 5.74) is 3.61. The second kappa shape index (κ2) is 8.31. The van der Waals surface area contributed by atoms with Crippen LogP contribution in [0.15, 0.2) is 35.3 Å². The van der Waals surface area contributed by atoms with E-state index in [-0.39, 0.29) is 23.2 Å². The van der Waals surface area contributed by atoms with Gasteiger partial charge >= 0.3 is 0 Å². The number of fused-ring (bicyclic) bond motifs is 1. The molecule has 1 saturated heterocycles. The number of hydrogen-bond donors (Lipinski definition) is 2. The van der Waals surface area contributed by atoms with Crippen molar-refractivity contribution in [2.75, 3.05) is 31.1 Å². The van der Waals surface area contributed by atoms with Gasteiger partial charge in [0.1, 0.15) is 5.69 Å². The van der Waals surface area contributed by atoms with Crippen LogP contribution in [0.1, 0.15) is 34.5 Å². The van der Waals surface area contributed by atoms with Gasteiger partial charge in [-0.05, 0) is 49.6 Å². The third kappa shape index (κ3) is 4.34. The molecule has 1 amide bonds. The van der Waals surface area contributed by atoms with E-state index in [1.165, 1.54) is 0 Å². The number of H-pyrrole nitrogens is 1. The van der Waals surface area contributed by atoms with Crippen molar-refractivity contribution in [2.45, 2.75) is 32.4 Å². The number of pyridine rings is 3. The minimum absolute atomic E-state index is 0.100. The van der Waals surface area contributed by atoms with Gasteiger partial charge in [-0.3, -0.25) is 19.5 Å². The first-order valence-electron chi connectivity index (χ1n) is 10.9. The largest absolute Gasteiger partial charge is 0.365 e. The molecule has 1 aliphatic carbocycles. The first-order valence-corrected chi connectivity index (χ1v) is 10.9. The second-order valence-corrected chi connectivity index (χ2v) is 8.58. The van der Waals surface area contributed by atoms with E-state index < -0.39 is 5.95 Å². The van der Waals surface area contributed by atoms with E-state index in [4.69, 9.17) is 0 Å². The molecule has 1 saturated carbocycles. The van der Waals surface area contributed by atoms with Crippen LogP contribution in [0, 0.1) is 12.9 Å². The van der Waals surface area contributed by atoms with Crippen LogP contribution in [0.4, 0.5) is 10.1 Å². The third-order valence-corrected chi connectivity index (χ3v) is 6.03. The zero-order chi connectivity index (χ0) is 22.2. The fourth-order valence-electron chi connectivity index (χ4n) is 3.99. The summed E-state index contributed by atoms with van der Waals surface area (Å²) in [6, 6.07) is 7.20. The van der Waals surface area contributed by atoms with E-state index in [0.717, 1.165) is 42.5 Å². The molecule has 4 heterocycles. The van der Waals surface area contributed by atoms with Crippen LogP contribution in [0.2, 0.25) is 0 Å². The van der Waals surface area contributed by atoms with Gasteiger partial charge in [0, 0.05) is 50.5 Å². The zero-order valence-electron chi connectivity index (χ0n) is 17.9. The van der Waals surface area contributed by atoms with Crippen molar-refractivity contribution >= 4 is 22.6 Å². The third-order valence-electron chi connectivity index (χ3n) is 6.03. The number of halogens is 1. The highest BCUT2D eigenvalue weighted by atomic mass is 19.1. The van der Waals surface area contributed by atoms with Gasteiger partial charge in [-0.25, -0.2) is 4.98 Å². The molecule has 32 heavy (non-hydrogen) atoms. The van der Waals surface area contributed by atoms with E-state index in [1.807, 2.05) is 17.2 Å². The molecular formula is C23H25FN6O2. The molecule has 3 aromatic heterocycles. The number of carbonyl (C=O) groups excluding carboxylic acids is 1. The van der Waals surface area contributed by atoms with Gasteiger partial charge in [0.25, 0.3) is 11.5 Å². The zero-order valence-corrected chi connectivity index (χ0v) is 17.9. The summed E-state index contributed by atoms with van der Waals surface area (Å²) in [7, 11) is 0. The summed E-state index contributed by atoms with van der Waals surface area (Å²) >= 11 is 0. The van der Waals surface area contributed by atoms with Gasteiger partial charge in [-0.15, -0.1) is 0 Å². The monoisotopic (exact) mass is 436 g/mol. The standard InChI is InChI=1S/C23H25FN6O2/c1-14-10-18-19(28-22(14)31)11-15(12-25-18)13-29-6-8-30(9-7-29)20-5-4-17(27-21(20)24)23(32)26-16-2-3-16/h4-5,10-12,16H,2-3,6-9,13H2,1H3,(H,26,32)(H,28,31). The first kappa shape index (κ1) is 20.6. The minimum Gasteiger partial charge on any atom is -0.365 e. The van der Waals surface area contributed by atoms with Crippen molar-refractivity contribution in [3.8, 4) is 0 Å². The molecule has 2 N–H and O–H groups in total. The van der Waals surface area contributed by atoms with Gasteiger partial charge in [-0.1, -0.05) is 0 Å². The molecular weight excluding hydrogens is 411 g/mol. The highest BCUT2D eigenvalue weighted by molar-refractivity contribution is 5.92. The number of hydrogen-bond acceptors (Lipinski definition) is 6. The predicted molar refractivity (Wildman–Crippen MR) is 119 cm³/mol. The Kier molecular flexibility index (Phi) is 5.34. The molecule has 3 aromatic rings. The highest BCUT2D eigenvalue weighted by Gasteiger charge is 2.26. The smallest absolute Gasteiger partial charge is 0.270 e. The van der Waals surface area contributed by atoms with Gasteiger partial charge < -0.3 is 15.2 Å². The Balaban J connectivity index is 1.21. The number of anilines is 1. The average Bonchev–Trinajstić information content (AvgIpc) is 3.59. The number of aromatic nitrogens is 3. The molecule has 0 unspecified atom stereocenters. The molecule has 1 aliphatic heterocycles. The Bertz CT molecular complexity index is 1230. The molecule has 2 aliphatic rings. The van der Waals surface area contributed by atoms with E-state index >= 15 is 0 Å². The predicted octanol–water partition coefficient (Wildman–Crippen LogP) is 1.98. The van der Waals surface area contributed by atoms with Crippen molar-refractivity contribution in [3.63, 3.8) is 0 Å². The fraction of sp³-hybridized carbons (Fsp3) is 0.391. The highest BCUT2D eigenvalue weighted by Crippen LogP contribution is 2.22. The Morgan fingerprint density at radius 2 is 2.00 bits per heavy atom. The number of nitrogens with zero attached hydrogens (tertiary/aromatic N) is 4. The second-order valence-electron chi connectivity index (χ2n) is 8.58. The van der Waals surface area contributed by atoms with Crippen LogP contribution in [0.5, 0.6) is 0 Å². The lowest BCUT2D eigenvalue weighted by atomic mass is 10.2. The number of aromatic amines is 1.